The van der Waals surface area contributed by atoms with Crippen molar-refractivity contribution >= 4 is 45.5 Å². The lowest BCUT2D eigenvalue weighted by atomic mass is 10.0. The Morgan fingerprint density at radius 1 is 1.09 bits per heavy atom. The normalized spacial score (nSPS) is 10.6. The standard InChI is InChI=1S/C23H15ClN2O6S/c1-31-23(28)20-16(13-5-3-2-4-6-13)12-33-22(20)25-21(27)19-10-9-18(32-19)15-8-7-14(26(29)30)11-17(15)24/h2-12H,1H3,(H,25,27). The number of nitrogens with zero attached hydrogens (tertiary/aromatic N) is 1. The van der Waals surface area contributed by atoms with Crippen LogP contribution >= 0.6 is 22.9 Å². The van der Waals surface area contributed by atoms with Crippen LogP contribution in [0.5, 0.6) is 0 Å². The molecule has 2 aromatic heterocycles. The molecule has 33 heavy (non-hydrogen) atoms. The minimum absolute atomic E-state index is 0.0232. The number of ether oxygens (including phenoxy) is 1. The van der Waals surface area contributed by atoms with E-state index in [0.29, 0.717) is 16.1 Å². The zero-order valence-electron chi connectivity index (χ0n) is 17.0. The van der Waals surface area contributed by atoms with Gasteiger partial charge in [-0.25, -0.2) is 4.79 Å². The molecule has 0 spiro atoms. The van der Waals surface area contributed by atoms with Gasteiger partial charge in [-0.15, -0.1) is 11.3 Å². The average Bonchev–Trinajstić information content (AvgIpc) is 3.47. The van der Waals surface area contributed by atoms with Gasteiger partial charge in [-0.1, -0.05) is 41.9 Å². The highest BCUT2D eigenvalue weighted by atomic mass is 35.5. The van der Waals surface area contributed by atoms with Crippen LogP contribution in [0.1, 0.15) is 20.9 Å². The minimum Gasteiger partial charge on any atom is -0.465 e. The molecule has 4 aromatic rings. The Balaban J connectivity index is 1.61. The van der Waals surface area contributed by atoms with E-state index in [0.717, 1.165) is 5.56 Å². The van der Waals surface area contributed by atoms with Gasteiger partial charge in [0.1, 0.15) is 16.3 Å². The molecule has 1 N–H and O–H groups in total. The van der Waals surface area contributed by atoms with E-state index in [2.05, 4.69) is 5.32 Å². The first kappa shape index (κ1) is 22.3. The summed E-state index contributed by atoms with van der Waals surface area (Å²) in [5.74, 6) is -0.914. The summed E-state index contributed by atoms with van der Waals surface area (Å²) >= 11 is 7.33. The highest BCUT2D eigenvalue weighted by Crippen LogP contribution is 2.37. The molecule has 2 heterocycles. The second kappa shape index (κ2) is 9.27. The zero-order valence-corrected chi connectivity index (χ0v) is 18.6. The number of carbonyl (C=O) groups is 2. The van der Waals surface area contributed by atoms with Crippen molar-refractivity contribution in [2.24, 2.45) is 0 Å². The number of nitro benzene ring substituents is 1. The lowest BCUT2D eigenvalue weighted by Crippen LogP contribution is -2.13. The third kappa shape index (κ3) is 4.50. The van der Waals surface area contributed by atoms with Crippen molar-refractivity contribution < 1.29 is 23.7 Å². The van der Waals surface area contributed by atoms with E-state index >= 15 is 0 Å². The fourth-order valence-electron chi connectivity index (χ4n) is 3.17. The molecule has 2 aromatic carbocycles. The monoisotopic (exact) mass is 482 g/mol. The highest BCUT2D eigenvalue weighted by molar-refractivity contribution is 7.15. The maximum atomic E-state index is 12.8. The molecular formula is C23H15ClN2O6S. The van der Waals surface area contributed by atoms with Crippen LogP contribution in [-0.2, 0) is 4.74 Å². The second-order valence-electron chi connectivity index (χ2n) is 6.75. The number of methoxy groups -OCH3 is 1. The molecule has 166 valence electrons. The SMILES string of the molecule is COC(=O)c1c(-c2ccccc2)csc1NC(=O)c1ccc(-c2ccc([N+](=O)[O-])cc2Cl)o1. The lowest BCUT2D eigenvalue weighted by molar-refractivity contribution is -0.384. The van der Waals surface area contributed by atoms with Gasteiger partial charge in [0.2, 0.25) is 0 Å². The van der Waals surface area contributed by atoms with E-state index in [-0.39, 0.29) is 27.8 Å². The summed E-state index contributed by atoms with van der Waals surface area (Å²) in [6, 6.07) is 16.2. The molecule has 0 bridgehead atoms. The number of benzene rings is 2. The Bertz CT molecular complexity index is 1360. The number of esters is 1. The molecule has 0 saturated carbocycles. The first-order chi connectivity index (χ1) is 15.9. The topological polar surface area (TPSA) is 112 Å². The molecule has 10 heteroatoms. The summed E-state index contributed by atoms with van der Waals surface area (Å²) in [4.78, 5) is 35.6. The molecule has 4 rings (SSSR count). The molecule has 0 radical (unpaired) electrons. The van der Waals surface area contributed by atoms with Gasteiger partial charge in [-0.2, -0.15) is 0 Å². The lowest BCUT2D eigenvalue weighted by Gasteiger charge is -2.07. The third-order valence-electron chi connectivity index (χ3n) is 4.75. The molecular weight excluding hydrogens is 468 g/mol. The van der Waals surface area contributed by atoms with Crippen molar-refractivity contribution in [2.75, 3.05) is 12.4 Å². The van der Waals surface area contributed by atoms with Crippen LogP contribution in [0.25, 0.3) is 22.5 Å². The fraction of sp³-hybridized carbons (Fsp3) is 0.0435. The summed E-state index contributed by atoms with van der Waals surface area (Å²) in [5, 5.41) is 15.8. The van der Waals surface area contributed by atoms with Crippen molar-refractivity contribution in [3.8, 4) is 22.5 Å². The summed E-state index contributed by atoms with van der Waals surface area (Å²) in [6.45, 7) is 0. The van der Waals surface area contributed by atoms with Gasteiger partial charge in [0.25, 0.3) is 11.6 Å². The number of non-ortho nitro benzene ring substituents is 1. The molecule has 0 aliphatic rings. The number of nitro groups is 1. The zero-order chi connectivity index (χ0) is 23.5. The second-order valence-corrected chi connectivity index (χ2v) is 8.04. The smallest absolute Gasteiger partial charge is 0.341 e. The van der Waals surface area contributed by atoms with Gasteiger partial charge >= 0.3 is 5.97 Å². The van der Waals surface area contributed by atoms with Crippen molar-refractivity contribution in [3.63, 3.8) is 0 Å². The number of hydrogen-bond donors (Lipinski definition) is 1. The van der Waals surface area contributed by atoms with E-state index in [1.165, 1.54) is 48.8 Å². The number of nitrogens with one attached hydrogen (secondary N) is 1. The Morgan fingerprint density at radius 3 is 2.52 bits per heavy atom. The Kier molecular flexibility index (Phi) is 6.25. The number of thiophene rings is 1. The first-order valence-electron chi connectivity index (χ1n) is 9.49. The van der Waals surface area contributed by atoms with Crippen LogP contribution in [0.4, 0.5) is 10.7 Å². The van der Waals surface area contributed by atoms with Gasteiger partial charge in [0, 0.05) is 28.6 Å². The maximum absolute atomic E-state index is 12.8. The molecule has 1 amide bonds. The van der Waals surface area contributed by atoms with Crippen LogP contribution in [-0.4, -0.2) is 23.9 Å². The number of halogens is 1. The van der Waals surface area contributed by atoms with E-state index in [4.69, 9.17) is 20.8 Å². The Labute approximate surface area is 196 Å². The largest absolute Gasteiger partial charge is 0.465 e. The van der Waals surface area contributed by atoms with Gasteiger partial charge in [-0.3, -0.25) is 14.9 Å². The molecule has 8 nitrogen and oxygen atoms in total. The molecule has 0 atom stereocenters. The van der Waals surface area contributed by atoms with Gasteiger partial charge in [-0.05, 0) is 23.8 Å². The van der Waals surface area contributed by atoms with Crippen LogP contribution in [0.3, 0.4) is 0 Å². The Morgan fingerprint density at radius 2 is 1.85 bits per heavy atom. The maximum Gasteiger partial charge on any atom is 0.341 e. The van der Waals surface area contributed by atoms with E-state index in [9.17, 15) is 19.7 Å². The summed E-state index contributed by atoms with van der Waals surface area (Å²) < 4.78 is 10.5. The molecule has 0 fully saturated rings. The summed E-state index contributed by atoms with van der Waals surface area (Å²) in [6.07, 6.45) is 0. The van der Waals surface area contributed by atoms with E-state index < -0.39 is 16.8 Å². The summed E-state index contributed by atoms with van der Waals surface area (Å²) in [7, 11) is 1.27. The predicted molar refractivity (Wildman–Crippen MR) is 125 cm³/mol. The van der Waals surface area contributed by atoms with Crippen LogP contribution in [0, 0.1) is 10.1 Å². The highest BCUT2D eigenvalue weighted by Gasteiger charge is 2.24. The number of anilines is 1. The minimum atomic E-state index is -0.580. The summed E-state index contributed by atoms with van der Waals surface area (Å²) in [5.41, 5.74) is 1.94. The third-order valence-corrected chi connectivity index (χ3v) is 5.96. The number of furan rings is 1. The number of hydrogen-bond acceptors (Lipinski definition) is 7. The molecule has 0 saturated heterocycles. The van der Waals surface area contributed by atoms with Crippen LogP contribution in [0.2, 0.25) is 5.02 Å². The van der Waals surface area contributed by atoms with Crippen LogP contribution in [0.15, 0.2) is 70.5 Å². The predicted octanol–water partition coefficient (Wildman–Crippen LogP) is 6.28. The molecule has 0 unspecified atom stereocenters. The van der Waals surface area contributed by atoms with E-state index in [1.54, 1.807) is 5.38 Å². The Hall–Kier alpha value is -3.95. The molecule has 0 aliphatic carbocycles. The van der Waals surface area contributed by atoms with Crippen molar-refractivity contribution in [1.82, 2.24) is 0 Å². The fourth-order valence-corrected chi connectivity index (χ4v) is 4.39. The number of rotatable bonds is 6. The number of amides is 1. The van der Waals surface area contributed by atoms with Crippen molar-refractivity contribution in [2.45, 2.75) is 0 Å². The van der Waals surface area contributed by atoms with Crippen molar-refractivity contribution in [1.29, 1.82) is 0 Å². The van der Waals surface area contributed by atoms with Gasteiger partial charge in [0.15, 0.2) is 5.76 Å². The van der Waals surface area contributed by atoms with Gasteiger partial charge in [0.05, 0.1) is 17.1 Å². The number of carbonyl (C=O) groups excluding carboxylic acids is 2. The quantitative estimate of drug-likeness (QED) is 0.197. The molecule has 0 aliphatic heterocycles. The van der Waals surface area contributed by atoms with Crippen LogP contribution < -0.4 is 5.32 Å². The average molecular weight is 483 g/mol. The first-order valence-corrected chi connectivity index (χ1v) is 10.8. The van der Waals surface area contributed by atoms with Gasteiger partial charge < -0.3 is 14.5 Å². The van der Waals surface area contributed by atoms with E-state index in [1.807, 2.05) is 30.3 Å². The van der Waals surface area contributed by atoms with Crippen molar-refractivity contribution in [3.05, 3.63) is 92.5 Å².